The van der Waals surface area contributed by atoms with Crippen molar-refractivity contribution in [3.05, 3.63) is 11.8 Å². The zero-order chi connectivity index (χ0) is 11.7. The van der Waals surface area contributed by atoms with Gasteiger partial charge in [-0.3, -0.25) is 9.48 Å². The summed E-state index contributed by atoms with van der Waals surface area (Å²) in [5, 5.41) is 7.07. The summed E-state index contributed by atoms with van der Waals surface area (Å²) in [5.41, 5.74) is 6.79. The lowest BCUT2D eigenvalue weighted by molar-refractivity contribution is -0.120. The van der Waals surface area contributed by atoms with Crippen LogP contribution in [0.4, 0.5) is 5.82 Å². The summed E-state index contributed by atoms with van der Waals surface area (Å²) in [6, 6.07) is 1.87. The molecule has 0 radical (unpaired) electrons. The SMILES string of the molecule is Cc1cc(NC(=O)C2CCCC2N)n(C)n1.Cl. The lowest BCUT2D eigenvalue weighted by Gasteiger charge is -2.14. The lowest BCUT2D eigenvalue weighted by atomic mass is 10.0. The van der Waals surface area contributed by atoms with Gasteiger partial charge >= 0.3 is 0 Å². The van der Waals surface area contributed by atoms with Gasteiger partial charge in [0.1, 0.15) is 5.82 Å². The number of aromatic nitrogens is 2. The van der Waals surface area contributed by atoms with E-state index >= 15 is 0 Å². The lowest BCUT2D eigenvalue weighted by Crippen LogP contribution is -2.34. The largest absolute Gasteiger partial charge is 0.327 e. The molecule has 2 rings (SSSR count). The summed E-state index contributed by atoms with van der Waals surface area (Å²) >= 11 is 0. The monoisotopic (exact) mass is 258 g/mol. The number of nitrogens with one attached hydrogen (secondary N) is 1. The normalized spacial score (nSPS) is 23.2. The highest BCUT2D eigenvalue weighted by molar-refractivity contribution is 5.92. The summed E-state index contributed by atoms with van der Waals surface area (Å²) < 4.78 is 1.67. The van der Waals surface area contributed by atoms with Gasteiger partial charge in [-0.05, 0) is 19.8 Å². The molecular formula is C11H19ClN4O. The van der Waals surface area contributed by atoms with Crippen molar-refractivity contribution >= 4 is 24.1 Å². The van der Waals surface area contributed by atoms with Crippen LogP contribution in [-0.4, -0.2) is 21.7 Å². The van der Waals surface area contributed by atoms with Crippen molar-refractivity contribution in [3.63, 3.8) is 0 Å². The molecule has 0 bridgehead atoms. The van der Waals surface area contributed by atoms with Crippen LogP contribution in [0.2, 0.25) is 0 Å². The van der Waals surface area contributed by atoms with Crippen molar-refractivity contribution in [1.82, 2.24) is 9.78 Å². The minimum absolute atomic E-state index is 0. The first-order chi connectivity index (χ1) is 7.58. The highest BCUT2D eigenvalue weighted by Gasteiger charge is 2.30. The maximum absolute atomic E-state index is 12.0. The minimum Gasteiger partial charge on any atom is -0.327 e. The Morgan fingerprint density at radius 2 is 2.29 bits per heavy atom. The fourth-order valence-corrected chi connectivity index (χ4v) is 2.26. The summed E-state index contributed by atoms with van der Waals surface area (Å²) in [6.45, 7) is 1.90. The summed E-state index contributed by atoms with van der Waals surface area (Å²) in [6.07, 6.45) is 2.88. The van der Waals surface area contributed by atoms with Crippen molar-refractivity contribution in [2.75, 3.05) is 5.32 Å². The van der Waals surface area contributed by atoms with Crippen LogP contribution in [0.15, 0.2) is 6.07 Å². The molecule has 5 nitrogen and oxygen atoms in total. The van der Waals surface area contributed by atoms with E-state index in [2.05, 4.69) is 10.4 Å². The molecule has 1 aliphatic rings. The number of hydrogen-bond acceptors (Lipinski definition) is 3. The number of anilines is 1. The Hall–Kier alpha value is -1.07. The Morgan fingerprint density at radius 3 is 2.76 bits per heavy atom. The molecule has 96 valence electrons. The predicted octanol–water partition coefficient (Wildman–Crippen LogP) is 1.22. The van der Waals surface area contributed by atoms with Crippen LogP contribution in [0.3, 0.4) is 0 Å². The van der Waals surface area contributed by atoms with Crippen LogP contribution in [0.1, 0.15) is 25.0 Å². The van der Waals surface area contributed by atoms with E-state index in [-0.39, 0.29) is 30.3 Å². The van der Waals surface area contributed by atoms with Gasteiger partial charge in [-0.15, -0.1) is 12.4 Å². The maximum Gasteiger partial charge on any atom is 0.230 e. The second-order valence-corrected chi connectivity index (χ2v) is 4.49. The quantitative estimate of drug-likeness (QED) is 0.838. The van der Waals surface area contributed by atoms with Gasteiger partial charge in [0.2, 0.25) is 5.91 Å². The maximum atomic E-state index is 12.0. The number of hydrogen-bond donors (Lipinski definition) is 2. The fourth-order valence-electron chi connectivity index (χ4n) is 2.26. The molecule has 2 unspecified atom stereocenters. The van der Waals surface area contributed by atoms with E-state index in [0.717, 1.165) is 30.8 Å². The first-order valence-corrected chi connectivity index (χ1v) is 5.65. The average Bonchev–Trinajstić information content (AvgIpc) is 2.74. The van der Waals surface area contributed by atoms with Crippen LogP contribution >= 0.6 is 12.4 Å². The third kappa shape index (κ3) is 2.98. The Kier molecular flexibility index (Phi) is 4.54. The predicted molar refractivity (Wildman–Crippen MR) is 69.1 cm³/mol. The van der Waals surface area contributed by atoms with E-state index in [9.17, 15) is 4.79 Å². The van der Waals surface area contributed by atoms with Crippen molar-refractivity contribution in [2.45, 2.75) is 32.2 Å². The standard InChI is InChI=1S/C11H18N4O.ClH/c1-7-6-10(15(2)14-7)13-11(16)8-4-3-5-9(8)12;/h6,8-9H,3-5,12H2,1-2H3,(H,13,16);1H. The Bertz CT molecular complexity index is 404. The second kappa shape index (κ2) is 5.51. The first kappa shape index (κ1) is 14.0. The first-order valence-electron chi connectivity index (χ1n) is 5.65. The number of nitrogens with two attached hydrogens (primary N) is 1. The third-order valence-corrected chi connectivity index (χ3v) is 3.16. The topological polar surface area (TPSA) is 72.9 Å². The van der Waals surface area contributed by atoms with Crippen molar-refractivity contribution in [1.29, 1.82) is 0 Å². The zero-order valence-electron chi connectivity index (χ0n) is 10.1. The van der Waals surface area contributed by atoms with E-state index in [1.165, 1.54) is 0 Å². The van der Waals surface area contributed by atoms with E-state index in [0.29, 0.717) is 0 Å². The molecule has 1 aliphatic carbocycles. The van der Waals surface area contributed by atoms with Gasteiger partial charge in [-0.1, -0.05) is 6.42 Å². The van der Waals surface area contributed by atoms with Crippen LogP contribution in [0.25, 0.3) is 0 Å². The highest BCUT2D eigenvalue weighted by Crippen LogP contribution is 2.25. The van der Waals surface area contributed by atoms with Gasteiger partial charge < -0.3 is 11.1 Å². The van der Waals surface area contributed by atoms with Gasteiger partial charge in [0.25, 0.3) is 0 Å². The molecule has 0 spiro atoms. The molecule has 17 heavy (non-hydrogen) atoms. The molecule has 0 aromatic carbocycles. The average molecular weight is 259 g/mol. The molecule has 1 aromatic heterocycles. The Morgan fingerprint density at radius 1 is 1.59 bits per heavy atom. The molecule has 6 heteroatoms. The summed E-state index contributed by atoms with van der Waals surface area (Å²) in [4.78, 5) is 12.0. The summed E-state index contributed by atoms with van der Waals surface area (Å²) in [7, 11) is 1.82. The second-order valence-electron chi connectivity index (χ2n) is 4.49. The fraction of sp³-hybridized carbons (Fsp3) is 0.636. The van der Waals surface area contributed by atoms with Crippen molar-refractivity contribution in [3.8, 4) is 0 Å². The molecule has 1 fully saturated rings. The number of aryl methyl sites for hydroxylation is 2. The molecule has 0 aliphatic heterocycles. The van der Waals surface area contributed by atoms with E-state index < -0.39 is 0 Å². The molecule has 1 amide bonds. The third-order valence-electron chi connectivity index (χ3n) is 3.16. The van der Waals surface area contributed by atoms with Crippen LogP contribution < -0.4 is 11.1 Å². The Labute approximate surface area is 107 Å². The Balaban J connectivity index is 0.00000144. The number of carbonyl (C=O) groups is 1. The molecule has 1 aromatic rings. The number of carbonyl (C=O) groups excluding carboxylic acids is 1. The molecule has 3 N–H and O–H groups in total. The van der Waals surface area contributed by atoms with Crippen LogP contribution in [0, 0.1) is 12.8 Å². The molecule has 2 atom stereocenters. The molecular weight excluding hydrogens is 240 g/mol. The van der Waals surface area contributed by atoms with Crippen LogP contribution in [-0.2, 0) is 11.8 Å². The minimum atomic E-state index is -0.0461. The number of halogens is 1. The number of rotatable bonds is 2. The van der Waals surface area contributed by atoms with Crippen LogP contribution in [0.5, 0.6) is 0 Å². The van der Waals surface area contributed by atoms with E-state index in [4.69, 9.17) is 5.73 Å². The summed E-state index contributed by atoms with van der Waals surface area (Å²) in [5.74, 6) is 0.713. The smallest absolute Gasteiger partial charge is 0.230 e. The van der Waals surface area contributed by atoms with Gasteiger partial charge in [0, 0.05) is 19.2 Å². The van der Waals surface area contributed by atoms with Crippen molar-refractivity contribution in [2.24, 2.45) is 18.7 Å². The van der Waals surface area contributed by atoms with Gasteiger partial charge in [-0.2, -0.15) is 5.10 Å². The van der Waals surface area contributed by atoms with Gasteiger partial charge in [-0.25, -0.2) is 0 Å². The number of amides is 1. The molecule has 1 heterocycles. The highest BCUT2D eigenvalue weighted by atomic mass is 35.5. The van der Waals surface area contributed by atoms with Crippen molar-refractivity contribution < 1.29 is 4.79 Å². The van der Waals surface area contributed by atoms with E-state index in [1.54, 1.807) is 4.68 Å². The molecule has 1 saturated carbocycles. The van der Waals surface area contributed by atoms with E-state index in [1.807, 2.05) is 20.0 Å². The number of nitrogens with zero attached hydrogens (tertiary/aromatic N) is 2. The van der Waals surface area contributed by atoms with Gasteiger partial charge in [0.05, 0.1) is 11.6 Å². The molecule has 0 saturated heterocycles. The van der Waals surface area contributed by atoms with Gasteiger partial charge in [0.15, 0.2) is 0 Å². The zero-order valence-corrected chi connectivity index (χ0v) is 11.0.